The topological polar surface area (TPSA) is 62.6 Å². The number of nitrogens with one attached hydrogen (secondary N) is 1. The molecule has 0 spiro atoms. The zero-order valence-electron chi connectivity index (χ0n) is 14.5. The Kier molecular flexibility index (Phi) is 4.56. The van der Waals surface area contributed by atoms with E-state index in [0.29, 0.717) is 17.0 Å². The van der Waals surface area contributed by atoms with E-state index in [-0.39, 0.29) is 11.8 Å². The third-order valence-electron chi connectivity index (χ3n) is 4.17. The van der Waals surface area contributed by atoms with Gasteiger partial charge in [0.05, 0.1) is 17.5 Å². The van der Waals surface area contributed by atoms with E-state index in [2.05, 4.69) is 5.32 Å². The number of rotatable bonds is 3. The van der Waals surface area contributed by atoms with Crippen molar-refractivity contribution in [1.82, 2.24) is 0 Å². The molecule has 1 aromatic heterocycles. The maximum Gasteiger partial charge on any atom is 0.259 e. The Morgan fingerprint density at radius 1 is 1.11 bits per heavy atom. The summed E-state index contributed by atoms with van der Waals surface area (Å²) in [6.45, 7) is 0. The molecular formula is C21H16N2O3S. The smallest absolute Gasteiger partial charge is 0.259 e. The summed E-state index contributed by atoms with van der Waals surface area (Å²) in [6.07, 6.45) is 4.58. The van der Waals surface area contributed by atoms with Gasteiger partial charge in [-0.2, -0.15) is 0 Å². The molecule has 2 amide bonds. The highest BCUT2D eigenvalue weighted by Gasteiger charge is 2.24. The molecule has 0 aliphatic carbocycles. The van der Waals surface area contributed by atoms with Gasteiger partial charge in [0.15, 0.2) is 0 Å². The van der Waals surface area contributed by atoms with Crippen LogP contribution in [0.3, 0.4) is 0 Å². The van der Waals surface area contributed by atoms with Crippen LogP contribution in [0, 0.1) is 0 Å². The summed E-state index contributed by atoms with van der Waals surface area (Å²) in [6, 6.07) is 16.6. The van der Waals surface area contributed by atoms with Crippen LogP contribution in [0.5, 0.6) is 0 Å². The molecule has 0 atom stereocenters. The number of carbonyl (C=O) groups excluding carboxylic acids is 2. The molecule has 0 radical (unpaired) electrons. The third-order valence-corrected chi connectivity index (χ3v) is 5.30. The van der Waals surface area contributed by atoms with Gasteiger partial charge in [0.1, 0.15) is 5.76 Å². The molecule has 1 N–H and O–H groups in total. The van der Waals surface area contributed by atoms with E-state index >= 15 is 0 Å². The number of nitrogens with zero attached hydrogens (tertiary/aromatic N) is 1. The van der Waals surface area contributed by atoms with Crippen molar-refractivity contribution < 1.29 is 14.0 Å². The predicted molar refractivity (Wildman–Crippen MR) is 106 cm³/mol. The van der Waals surface area contributed by atoms with Crippen LogP contribution in [0.15, 0.2) is 81.1 Å². The van der Waals surface area contributed by atoms with E-state index in [1.165, 1.54) is 17.8 Å². The predicted octanol–water partition coefficient (Wildman–Crippen LogP) is 4.67. The molecule has 0 fully saturated rings. The highest BCUT2D eigenvalue weighted by molar-refractivity contribution is 7.99. The number of benzene rings is 2. The Bertz CT molecular complexity index is 1040. The Labute approximate surface area is 160 Å². The number of hydrogen-bond donors (Lipinski definition) is 1. The van der Waals surface area contributed by atoms with Crippen molar-refractivity contribution in [2.45, 2.75) is 9.79 Å². The van der Waals surface area contributed by atoms with Gasteiger partial charge in [-0.15, -0.1) is 0 Å². The normalized spacial score (nSPS) is 13.2. The number of carbonyl (C=O) groups is 2. The van der Waals surface area contributed by atoms with Crippen LogP contribution in [0.25, 0.3) is 6.08 Å². The summed E-state index contributed by atoms with van der Waals surface area (Å²) in [5, 5.41) is 2.84. The second-order valence-corrected chi connectivity index (χ2v) is 7.07. The van der Waals surface area contributed by atoms with E-state index in [0.717, 1.165) is 15.5 Å². The summed E-state index contributed by atoms with van der Waals surface area (Å²) in [7, 11) is 1.76. The molecule has 1 aliphatic rings. The molecule has 0 unspecified atom stereocenters. The van der Waals surface area contributed by atoms with Gasteiger partial charge in [0, 0.05) is 28.6 Å². The first-order valence-electron chi connectivity index (χ1n) is 8.33. The minimum Gasteiger partial charge on any atom is -0.465 e. The Balaban J connectivity index is 1.59. The van der Waals surface area contributed by atoms with Crippen LogP contribution in [-0.4, -0.2) is 18.9 Å². The van der Waals surface area contributed by atoms with Crippen molar-refractivity contribution in [1.29, 1.82) is 0 Å². The summed E-state index contributed by atoms with van der Waals surface area (Å²) in [5.74, 6) is 0.309. The molecule has 3 aromatic rings. The number of amides is 2. The molecule has 0 saturated carbocycles. The lowest BCUT2D eigenvalue weighted by Crippen LogP contribution is -2.25. The van der Waals surface area contributed by atoms with Crippen LogP contribution >= 0.6 is 11.8 Å². The Hall–Kier alpha value is -3.25. The van der Waals surface area contributed by atoms with Crippen LogP contribution in [0.2, 0.25) is 0 Å². The fraction of sp³-hybridized carbons (Fsp3) is 0.0476. The maximum absolute atomic E-state index is 12.7. The highest BCUT2D eigenvalue weighted by Crippen LogP contribution is 2.41. The van der Waals surface area contributed by atoms with Gasteiger partial charge in [-0.05, 0) is 48.5 Å². The molecule has 0 saturated heterocycles. The van der Waals surface area contributed by atoms with Crippen LogP contribution in [-0.2, 0) is 4.79 Å². The fourth-order valence-corrected chi connectivity index (χ4v) is 3.96. The van der Waals surface area contributed by atoms with E-state index in [1.54, 1.807) is 42.5 Å². The number of fused-ring (bicyclic) bond motifs is 2. The zero-order chi connectivity index (χ0) is 18.8. The van der Waals surface area contributed by atoms with E-state index in [1.807, 2.05) is 36.4 Å². The quantitative estimate of drug-likeness (QED) is 0.675. The van der Waals surface area contributed by atoms with Gasteiger partial charge in [-0.25, -0.2) is 0 Å². The van der Waals surface area contributed by atoms with Gasteiger partial charge < -0.3 is 14.6 Å². The second kappa shape index (κ2) is 7.17. The Morgan fingerprint density at radius 3 is 2.78 bits per heavy atom. The Morgan fingerprint density at radius 2 is 1.96 bits per heavy atom. The average Bonchev–Trinajstić information content (AvgIpc) is 3.16. The summed E-state index contributed by atoms with van der Waals surface area (Å²) in [5.41, 5.74) is 2.15. The summed E-state index contributed by atoms with van der Waals surface area (Å²) < 4.78 is 5.17. The molecule has 2 heterocycles. The summed E-state index contributed by atoms with van der Waals surface area (Å²) in [4.78, 5) is 28.3. The van der Waals surface area contributed by atoms with E-state index < -0.39 is 0 Å². The van der Waals surface area contributed by atoms with Gasteiger partial charge in [-0.3, -0.25) is 9.59 Å². The number of furan rings is 1. The molecule has 5 nitrogen and oxygen atoms in total. The molecule has 0 bridgehead atoms. The molecular weight excluding hydrogens is 360 g/mol. The van der Waals surface area contributed by atoms with Crippen LogP contribution in [0.4, 0.5) is 11.4 Å². The maximum atomic E-state index is 12.7. The van der Waals surface area contributed by atoms with Crippen molar-refractivity contribution in [2.75, 3.05) is 17.3 Å². The number of hydrogen-bond acceptors (Lipinski definition) is 4. The SMILES string of the molecule is CN1C(=O)c2ccccc2Sc2cc(NC(=O)C=Cc3ccco3)ccc21. The zero-order valence-corrected chi connectivity index (χ0v) is 15.3. The van der Waals surface area contributed by atoms with Crippen LogP contribution in [0.1, 0.15) is 16.1 Å². The van der Waals surface area contributed by atoms with Gasteiger partial charge in [0.2, 0.25) is 5.91 Å². The molecule has 27 heavy (non-hydrogen) atoms. The third kappa shape index (κ3) is 3.52. The summed E-state index contributed by atoms with van der Waals surface area (Å²) >= 11 is 1.52. The van der Waals surface area contributed by atoms with E-state index in [9.17, 15) is 9.59 Å². The van der Waals surface area contributed by atoms with Crippen molar-refractivity contribution in [2.24, 2.45) is 0 Å². The average molecular weight is 376 g/mol. The van der Waals surface area contributed by atoms with Crippen LogP contribution < -0.4 is 10.2 Å². The first kappa shape index (κ1) is 17.2. The molecule has 134 valence electrons. The lowest BCUT2D eigenvalue weighted by atomic mass is 10.2. The van der Waals surface area contributed by atoms with Gasteiger partial charge in [0.25, 0.3) is 5.91 Å². The highest BCUT2D eigenvalue weighted by atomic mass is 32.2. The van der Waals surface area contributed by atoms with Crippen molar-refractivity contribution in [3.63, 3.8) is 0 Å². The van der Waals surface area contributed by atoms with Gasteiger partial charge >= 0.3 is 0 Å². The van der Waals surface area contributed by atoms with Crippen molar-refractivity contribution >= 4 is 41.0 Å². The van der Waals surface area contributed by atoms with Gasteiger partial charge in [-0.1, -0.05) is 23.9 Å². The lowest BCUT2D eigenvalue weighted by molar-refractivity contribution is -0.111. The molecule has 1 aliphatic heterocycles. The fourth-order valence-electron chi connectivity index (χ4n) is 2.82. The van der Waals surface area contributed by atoms with Crippen molar-refractivity contribution in [3.8, 4) is 0 Å². The minimum atomic E-state index is -0.255. The van der Waals surface area contributed by atoms with Crippen molar-refractivity contribution in [3.05, 3.63) is 78.3 Å². The second-order valence-electron chi connectivity index (χ2n) is 5.98. The lowest BCUT2D eigenvalue weighted by Gasteiger charge is -2.18. The number of anilines is 2. The monoisotopic (exact) mass is 376 g/mol. The minimum absolute atomic E-state index is 0.0463. The molecule has 6 heteroatoms. The first-order chi connectivity index (χ1) is 13.1. The first-order valence-corrected chi connectivity index (χ1v) is 9.15. The molecule has 4 rings (SSSR count). The standard InChI is InChI=1S/C21H16N2O3S/c1-23-17-10-8-14(22-20(24)11-9-15-5-4-12-26-15)13-19(17)27-18-7-3-2-6-16(18)21(23)25/h2-13H,1H3,(H,22,24). The largest absolute Gasteiger partial charge is 0.465 e. The molecule has 2 aromatic carbocycles. The van der Waals surface area contributed by atoms with E-state index in [4.69, 9.17) is 4.42 Å².